The monoisotopic (exact) mass is 288 g/mol. The molecule has 6 heteroatoms. The molecule has 0 aromatic carbocycles. The lowest BCUT2D eigenvalue weighted by Gasteiger charge is -2.10. The van der Waals surface area contributed by atoms with Crippen molar-refractivity contribution in [3.63, 3.8) is 0 Å². The van der Waals surface area contributed by atoms with Gasteiger partial charge in [-0.2, -0.15) is 0 Å². The standard InChI is InChI=1S/C15H12O6/c16-12-1-3-14(18)10(5-12)7-20-9-21-8-11-6-13(17)2-4-15(11)19/h1-6H,7-9H2. The number of ether oxygens (including phenoxy) is 2. The molecule has 2 rings (SSSR count). The first-order valence-electron chi connectivity index (χ1n) is 6.15. The summed E-state index contributed by atoms with van der Waals surface area (Å²) in [6.45, 7) is -0.271. The number of carbonyl (C=O) groups is 4. The van der Waals surface area contributed by atoms with Crippen molar-refractivity contribution in [2.45, 2.75) is 0 Å². The third kappa shape index (κ3) is 4.27. The highest BCUT2D eigenvalue weighted by Gasteiger charge is 2.14. The molecule has 6 nitrogen and oxygen atoms in total. The molecule has 0 fully saturated rings. The van der Waals surface area contributed by atoms with Crippen LogP contribution < -0.4 is 0 Å². The van der Waals surface area contributed by atoms with Crippen molar-refractivity contribution in [1.82, 2.24) is 0 Å². The van der Waals surface area contributed by atoms with Gasteiger partial charge in [0.05, 0.1) is 13.2 Å². The summed E-state index contributed by atoms with van der Waals surface area (Å²) >= 11 is 0. The number of hydrogen-bond acceptors (Lipinski definition) is 6. The molecule has 0 unspecified atom stereocenters. The van der Waals surface area contributed by atoms with Crippen molar-refractivity contribution < 1.29 is 28.7 Å². The molecule has 0 amide bonds. The highest BCUT2D eigenvalue weighted by Crippen LogP contribution is 2.07. The van der Waals surface area contributed by atoms with E-state index in [9.17, 15) is 19.2 Å². The molecule has 108 valence electrons. The van der Waals surface area contributed by atoms with Crippen LogP contribution in [-0.4, -0.2) is 43.1 Å². The SMILES string of the molecule is O=C1C=CC(=O)C(COCOCC2=CC(=O)C=CC2=O)=C1. The van der Waals surface area contributed by atoms with Crippen molar-refractivity contribution in [1.29, 1.82) is 0 Å². The van der Waals surface area contributed by atoms with Gasteiger partial charge in [0.15, 0.2) is 23.1 Å². The fraction of sp³-hybridized carbons (Fsp3) is 0.200. The quantitative estimate of drug-likeness (QED) is 0.395. The molecule has 0 heterocycles. The fourth-order valence-corrected chi connectivity index (χ4v) is 1.70. The van der Waals surface area contributed by atoms with Gasteiger partial charge in [-0.15, -0.1) is 0 Å². The van der Waals surface area contributed by atoms with Gasteiger partial charge in [0.1, 0.15) is 6.79 Å². The van der Waals surface area contributed by atoms with Crippen LogP contribution in [0.5, 0.6) is 0 Å². The lowest BCUT2D eigenvalue weighted by atomic mass is 10.0. The lowest BCUT2D eigenvalue weighted by molar-refractivity contribution is -0.116. The molecule has 0 saturated heterocycles. The smallest absolute Gasteiger partial charge is 0.184 e. The van der Waals surface area contributed by atoms with Crippen LogP contribution in [0.3, 0.4) is 0 Å². The van der Waals surface area contributed by atoms with Crippen molar-refractivity contribution in [2.24, 2.45) is 0 Å². The van der Waals surface area contributed by atoms with Gasteiger partial charge in [0.25, 0.3) is 0 Å². The molecule has 0 radical (unpaired) electrons. The Morgan fingerprint density at radius 3 is 1.52 bits per heavy atom. The van der Waals surface area contributed by atoms with Crippen LogP contribution in [0.4, 0.5) is 0 Å². The third-order valence-electron chi connectivity index (χ3n) is 2.75. The average molecular weight is 288 g/mol. The second-order valence-corrected chi connectivity index (χ2v) is 4.35. The van der Waals surface area contributed by atoms with Gasteiger partial charge < -0.3 is 9.47 Å². The Balaban J connectivity index is 1.71. The Bertz CT molecular complexity index is 564. The van der Waals surface area contributed by atoms with Gasteiger partial charge in [-0.05, 0) is 36.5 Å². The topological polar surface area (TPSA) is 86.7 Å². The van der Waals surface area contributed by atoms with E-state index >= 15 is 0 Å². The summed E-state index contributed by atoms with van der Waals surface area (Å²) in [7, 11) is 0. The van der Waals surface area contributed by atoms with Crippen LogP contribution in [0.25, 0.3) is 0 Å². The highest BCUT2D eigenvalue weighted by molar-refractivity contribution is 6.18. The zero-order valence-corrected chi connectivity index (χ0v) is 11.0. The number of rotatable bonds is 6. The van der Waals surface area contributed by atoms with Crippen molar-refractivity contribution >= 4 is 23.1 Å². The zero-order chi connectivity index (χ0) is 15.2. The Kier molecular flexibility index (Phi) is 4.86. The summed E-state index contributed by atoms with van der Waals surface area (Å²) in [4.78, 5) is 45.0. The second-order valence-electron chi connectivity index (χ2n) is 4.35. The zero-order valence-electron chi connectivity index (χ0n) is 11.0. The number of ketones is 4. The van der Waals surface area contributed by atoms with Gasteiger partial charge in [-0.25, -0.2) is 0 Å². The summed E-state index contributed by atoms with van der Waals surface area (Å²) in [5.41, 5.74) is 0.495. The normalized spacial score (nSPS) is 18.1. The Labute approximate surface area is 120 Å². The first kappa shape index (κ1) is 15.0. The summed E-state index contributed by atoms with van der Waals surface area (Å²) < 4.78 is 10.2. The molecule has 0 N–H and O–H groups in total. The Morgan fingerprint density at radius 1 is 0.667 bits per heavy atom. The molecule has 0 saturated carbocycles. The molecule has 0 bridgehead atoms. The minimum atomic E-state index is -0.282. The molecule has 0 atom stereocenters. The first-order valence-corrected chi connectivity index (χ1v) is 6.15. The second kappa shape index (κ2) is 6.83. The van der Waals surface area contributed by atoms with E-state index < -0.39 is 0 Å². The Hall–Kier alpha value is -2.44. The van der Waals surface area contributed by atoms with Gasteiger partial charge in [0, 0.05) is 11.1 Å². The molecular formula is C15H12O6. The molecular weight excluding hydrogens is 276 g/mol. The van der Waals surface area contributed by atoms with Gasteiger partial charge in [-0.3, -0.25) is 19.2 Å². The maximum absolute atomic E-state index is 11.4. The van der Waals surface area contributed by atoms with Gasteiger partial charge in [0.2, 0.25) is 0 Å². The molecule has 2 aliphatic rings. The maximum Gasteiger partial charge on any atom is 0.184 e. The van der Waals surface area contributed by atoms with E-state index in [1.54, 1.807) is 0 Å². The minimum absolute atomic E-state index is 0.0548. The molecule has 0 spiro atoms. The fourth-order valence-electron chi connectivity index (χ4n) is 1.70. The van der Waals surface area contributed by atoms with Crippen molar-refractivity contribution in [2.75, 3.05) is 20.0 Å². The van der Waals surface area contributed by atoms with E-state index in [4.69, 9.17) is 9.47 Å². The summed E-state index contributed by atoms with van der Waals surface area (Å²) in [6.07, 6.45) is 7.16. The van der Waals surface area contributed by atoms with Crippen LogP contribution in [0.15, 0.2) is 47.6 Å². The first-order chi connectivity index (χ1) is 10.1. The van der Waals surface area contributed by atoms with Crippen LogP contribution in [0.2, 0.25) is 0 Å². The lowest BCUT2D eigenvalue weighted by Crippen LogP contribution is -2.16. The van der Waals surface area contributed by atoms with Gasteiger partial charge >= 0.3 is 0 Å². The van der Waals surface area contributed by atoms with E-state index in [-0.39, 0.29) is 54.3 Å². The number of carbonyl (C=O) groups excluding carboxylic acids is 4. The third-order valence-corrected chi connectivity index (χ3v) is 2.75. The van der Waals surface area contributed by atoms with Crippen LogP contribution in [0, 0.1) is 0 Å². The molecule has 0 aromatic heterocycles. The van der Waals surface area contributed by atoms with E-state index in [1.165, 1.54) is 36.5 Å². The van der Waals surface area contributed by atoms with E-state index in [1.807, 2.05) is 0 Å². The summed E-state index contributed by atoms with van der Waals surface area (Å²) in [5, 5.41) is 0. The average Bonchev–Trinajstić information content (AvgIpc) is 2.45. The van der Waals surface area contributed by atoms with Crippen LogP contribution in [0.1, 0.15) is 0 Å². The predicted molar refractivity (Wildman–Crippen MR) is 71.2 cm³/mol. The van der Waals surface area contributed by atoms with Crippen LogP contribution >= 0.6 is 0 Å². The van der Waals surface area contributed by atoms with Gasteiger partial charge in [-0.1, -0.05) is 0 Å². The van der Waals surface area contributed by atoms with E-state index in [0.29, 0.717) is 0 Å². The minimum Gasteiger partial charge on any atom is -0.351 e. The largest absolute Gasteiger partial charge is 0.351 e. The van der Waals surface area contributed by atoms with Crippen molar-refractivity contribution in [3.8, 4) is 0 Å². The highest BCUT2D eigenvalue weighted by atomic mass is 16.7. The van der Waals surface area contributed by atoms with E-state index in [0.717, 1.165) is 0 Å². The van der Waals surface area contributed by atoms with E-state index in [2.05, 4.69) is 0 Å². The Morgan fingerprint density at radius 2 is 1.10 bits per heavy atom. The summed E-state index contributed by atoms with van der Waals surface area (Å²) in [6, 6.07) is 0. The number of allylic oxidation sites excluding steroid dienone is 6. The molecule has 0 aromatic rings. The summed E-state index contributed by atoms with van der Waals surface area (Å²) in [5.74, 6) is -1.10. The number of hydrogen-bond donors (Lipinski definition) is 0. The van der Waals surface area contributed by atoms with Crippen molar-refractivity contribution in [3.05, 3.63) is 47.6 Å². The molecule has 2 aliphatic carbocycles. The molecule has 21 heavy (non-hydrogen) atoms. The van der Waals surface area contributed by atoms with Crippen LogP contribution in [-0.2, 0) is 28.7 Å². The predicted octanol–water partition coefficient (Wildman–Crippen LogP) is 0.246. The molecule has 0 aliphatic heterocycles. The maximum atomic E-state index is 11.4.